The second-order valence-corrected chi connectivity index (χ2v) is 4.41. The number of nitrogens with zero attached hydrogens (tertiary/aromatic N) is 3. The molecule has 0 aliphatic rings. The maximum Gasteiger partial charge on any atom is 0.106 e. The van der Waals surface area contributed by atoms with Crippen LogP contribution in [0.3, 0.4) is 0 Å². The van der Waals surface area contributed by atoms with Crippen LogP contribution in [0.15, 0.2) is 22.7 Å². The molecule has 1 atom stereocenters. The number of nitriles is 2. The molecule has 0 amide bonds. The van der Waals surface area contributed by atoms with Gasteiger partial charge in [0.1, 0.15) is 13.1 Å². The fourth-order valence-electron chi connectivity index (χ4n) is 1.46. The minimum Gasteiger partial charge on any atom is -0.389 e. The normalized spacial score (nSPS) is 11.4. The van der Waals surface area contributed by atoms with Gasteiger partial charge in [0.05, 0.1) is 18.2 Å². The highest BCUT2D eigenvalue weighted by molar-refractivity contribution is 9.10. The van der Waals surface area contributed by atoms with E-state index in [9.17, 15) is 5.11 Å². The average molecular weight is 294 g/mol. The number of aliphatic hydroxyl groups excluding tert-OH is 1. The summed E-state index contributed by atoms with van der Waals surface area (Å²) < 4.78 is 0.769. The summed E-state index contributed by atoms with van der Waals surface area (Å²) in [6, 6.07) is 9.42. The highest BCUT2D eigenvalue weighted by Gasteiger charge is 2.10. The molecule has 0 bridgehead atoms. The summed E-state index contributed by atoms with van der Waals surface area (Å²) in [5.74, 6) is 0. The minimum absolute atomic E-state index is 0.161. The molecule has 0 heterocycles. The van der Waals surface area contributed by atoms with Crippen molar-refractivity contribution >= 4 is 21.6 Å². The zero-order valence-electron chi connectivity index (χ0n) is 9.39. The van der Waals surface area contributed by atoms with E-state index in [1.807, 2.05) is 12.1 Å². The number of benzene rings is 1. The summed E-state index contributed by atoms with van der Waals surface area (Å²) in [6.45, 7) is 2.00. The van der Waals surface area contributed by atoms with Gasteiger partial charge in [-0.05, 0) is 24.6 Å². The van der Waals surface area contributed by atoms with Crippen molar-refractivity contribution in [3.63, 3.8) is 0 Å². The highest BCUT2D eigenvalue weighted by Crippen LogP contribution is 2.28. The smallest absolute Gasteiger partial charge is 0.106 e. The largest absolute Gasteiger partial charge is 0.389 e. The average Bonchev–Trinajstić information content (AvgIpc) is 2.28. The Labute approximate surface area is 109 Å². The van der Waals surface area contributed by atoms with E-state index in [1.165, 1.54) is 0 Å². The van der Waals surface area contributed by atoms with E-state index >= 15 is 0 Å². The molecule has 0 radical (unpaired) electrons. The molecule has 0 spiro atoms. The van der Waals surface area contributed by atoms with Gasteiger partial charge in [-0.3, -0.25) is 0 Å². The summed E-state index contributed by atoms with van der Waals surface area (Å²) in [4.78, 5) is 1.66. The Morgan fingerprint density at radius 2 is 1.94 bits per heavy atom. The molecule has 17 heavy (non-hydrogen) atoms. The van der Waals surface area contributed by atoms with Crippen molar-refractivity contribution in [2.24, 2.45) is 0 Å². The number of anilines is 1. The summed E-state index contributed by atoms with van der Waals surface area (Å²) in [6.07, 6.45) is -0.557. The molecule has 1 aromatic carbocycles. The maximum atomic E-state index is 9.49. The fourth-order valence-corrected chi connectivity index (χ4v) is 2.16. The molecular formula is C12H12BrN3O. The molecule has 0 saturated carbocycles. The van der Waals surface area contributed by atoms with Crippen LogP contribution in [0.1, 0.15) is 18.6 Å². The molecule has 5 heteroatoms. The number of aliphatic hydroxyl groups is 1. The molecule has 0 unspecified atom stereocenters. The Bertz CT molecular complexity index is 458. The van der Waals surface area contributed by atoms with Gasteiger partial charge in [0, 0.05) is 10.2 Å². The lowest BCUT2D eigenvalue weighted by molar-refractivity contribution is 0.198. The Morgan fingerprint density at radius 1 is 1.35 bits per heavy atom. The van der Waals surface area contributed by atoms with Gasteiger partial charge in [-0.1, -0.05) is 22.0 Å². The van der Waals surface area contributed by atoms with Crippen molar-refractivity contribution in [3.8, 4) is 12.1 Å². The first-order valence-electron chi connectivity index (χ1n) is 5.06. The Hall–Kier alpha value is -1.56. The standard InChI is InChI=1S/C12H12BrN3O/c1-9(17)11-3-2-10(8-12(11)13)16(6-4-14)7-5-15/h2-3,8-9,17H,6-7H2,1H3/t9-/m0/s1. The lowest BCUT2D eigenvalue weighted by atomic mass is 10.1. The second-order valence-electron chi connectivity index (χ2n) is 3.55. The summed E-state index contributed by atoms with van der Waals surface area (Å²) in [7, 11) is 0. The molecule has 0 saturated heterocycles. The van der Waals surface area contributed by atoms with Crippen LogP contribution in [0.2, 0.25) is 0 Å². The van der Waals surface area contributed by atoms with Crippen LogP contribution in [0, 0.1) is 22.7 Å². The Morgan fingerprint density at radius 3 is 2.35 bits per heavy atom. The van der Waals surface area contributed by atoms with Crippen molar-refractivity contribution in [2.45, 2.75) is 13.0 Å². The van der Waals surface area contributed by atoms with E-state index in [2.05, 4.69) is 15.9 Å². The van der Waals surface area contributed by atoms with Crippen LogP contribution in [0.5, 0.6) is 0 Å². The molecule has 1 N–H and O–H groups in total. The zero-order valence-corrected chi connectivity index (χ0v) is 11.0. The van der Waals surface area contributed by atoms with E-state index in [-0.39, 0.29) is 13.1 Å². The lowest BCUT2D eigenvalue weighted by Crippen LogP contribution is -2.23. The third-order valence-electron chi connectivity index (χ3n) is 2.32. The summed E-state index contributed by atoms with van der Waals surface area (Å²) >= 11 is 3.37. The molecule has 1 aromatic rings. The number of halogens is 1. The topological polar surface area (TPSA) is 71.0 Å². The van der Waals surface area contributed by atoms with Crippen molar-refractivity contribution in [2.75, 3.05) is 18.0 Å². The first-order chi connectivity index (χ1) is 8.10. The zero-order chi connectivity index (χ0) is 12.8. The summed E-state index contributed by atoms with van der Waals surface area (Å²) in [5, 5.41) is 26.9. The van der Waals surface area contributed by atoms with Crippen LogP contribution in [-0.4, -0.2) is 18.2 Å². The molecule has 0 aromatic heterocycles. The van der Waals surface area contributed by atoms with Crippen LogP contribution in [0.25, 0.3) is 0 Å². The van der Waals surface area contributed by atoms with Crippen LogP contribution in [0.4, 0.5) is 5.69 Å². The van der Waals surface area contributed by atoms with E-state index in [1.54, 1.807) is 30.0 Å². The molecular weight excluding hydrogens is 282 g/mol. The van der Waals surface area contributed by atoms with E-state index in [0.29, 0.717) is 0 Å². The van der Waals surface area contributed by atoms with Crippen molar-refractivity contribution in [1.82, 2.24) is 0 Å². The van der Waals surface area contributed by atoms with Gasteiger partial charge < -0.3 is 10.0 Å². The lowest BCUT2D eigenvalue weighted by Gasteiger charge is -2.19. The Balaban J connectivity index is 3.03. The molecule has 0 aliphatic carbocycles. The second kappa shape index (κ2) is 6.24. The third kappa shape index (κ3) is 3.45. The number of rotatable bonds is 4. The monoisotopic (exact) mass is 293 g/mol. The van der Waals surface area contributed by atoms with E-state index in [4.69, 9.17) is 10.5 Å². The van der Waals surface area contributed by atoms with Crippen molar-refractivity contribution in [3.05, 3.63) is 28.2 Å². The first kappa shape index (κ1) is 13.5. The summed E-state index contributed by atoms with van der Waals surface area (Å²) in [5.41, 5.74) is 1.56. The van der Waals surface area contributed by atoms with Crippen LogP contribution >= 0.6 is 15.9 Å². The van der Waals surface area contributed by atoms with Gasteiger partial charge in [0.15, 0.2) is 0 Å². The molecule has 1 rings (SSSR count). The number of hydrogen-bond acceptors (Lipinski definition) is 4. The highest BCUT2D eigenvalue weighted by atomic mass is 79.9. The predicted molar refractivity (Wildman–Crippen MR) is 68.2 cm³/mol. The van der Waals surface area contributed by atoms with Crippen LogP contribution < -0.4 is 4.90 Å². The molecule has 4 nitrogen and oxygen atoms in total. The first-order valence-corrected chi connectivity index (χ1v) is 5.85. The van der Waals surface area contributed by atoms with Gasteiger partial charge in [0.25, 0.3) is 0 Å². The fraction of sp³-hybridized carbons (Fsp3) is 0.333. The number of hydrogen-bond donors (Lipinski definition) is 1. The SMILES string of the molecule is C[C@H](O)c1ccc(N(CC#N)CC#N)cc1Br. The molecule has 0 aliphatic heterocycles. The quantitative estimate of drug-likeness (QED) is 0.865. The van der Waals surface area contributed by atoms with Crippen molar-refractivity contribution in [1.29, 1.82) is 10.5 Å². The van der Waals surface area contributed by atoms with E-state index < -0.39 is 6.10 Å². The predicted octanol–water partition coefficient (Wildman–Crippen LogP) is 2.36. The van der Waals surface area contributed by atoms with E-state index in [0.717, 1.165) is 15.7 Å². The van der Waals surface area contributed by atoms with Gasteiger partial charge in [-0.2, -0.15) is 10.5 Å². The van der Waals surface area contributed by atoms with Gasteiger partial charge in [0.2, 0.25) is 0 Å². The third-order valence-corrected chi connectivity index (χ3v) is 3.01. The van der Waals surface area contributed by atoms with Gasteiger partial charge in [-0.25, -0.2) is 0 Å². The van der Waals surface area contributed by atoms with Crippen LogP contribution in [-0.2, 0) is 0 Å². The van der Waals surface area contributed by atoms with Gasteiger partial charge >= 0.3 is 0 Å². The molecule has 88 valence electrons. The Kier molecular flexibility index (Phi) is 4.96. The van der Waals surface area contributed by atoms with Gasteiger partial charge in [-0.15, -0.1) is 0 Å². The molecule has 0 fully saturated rings. The maximum absolute atomic E-state index is 9.49. The minimum atomic E-state index is -0.557. The van der Waals surface area contributed by atoms with Crippen molar-refractivity contribution < 1.29 is 5.11 Å².